The SMILES string of the molecule is Cc1c(CC(=O)N2CC[C@]3(O)CCCC[C@@H]3C2)c(=O)oc2c(C)c(OCc3ccc(Cl)c(Cl)c3)ccc12. The second kappa shape index (κ2) is 10.3. The molecule has 37 heavy (non-hydrogen) atoms. The molecule has 8 heteroatoms. The zero-order valence-electron chi connectivity index (χ0n) is 21.1. The molecule has 2 aliphatic rings. The molecule has 1 aliphatic carbocycles. The van der Waals surface area contributed by atoms with Crippen molar-refractivity contribution in [1.82, 2.24) is 4.90 Å². The maximum atomic E-state index is 13.2. The molecule has 1 amide bonds. The number of likely N-dealkylation sites (tertiary alicyclic amines) is 1. The van der Waals surface area contributed by atoms with E-state index in [1.807, 2.05) is 32.0 Å². The lowest BCUT2D eigenvalue weighted by Gasteiger charge is -2.47. The molecule has 0 spiro atoms. The summed E-state index contributed by atoms with van der Waals surface area (Å²) in [7, 11) is 0. The van der Waals surface area contributed by atoms with E-state index in [1.54, 1.807) is 17.0 Å². The van der Waals surface area contributed by atoms with Crippen LogP contribution < -0.4 is 10.4 Å². The van der Waals surface area contributed by atoms with E-state index in [-0.39, 0.29) is 24.9 Å². The van der Waals surface area contributed by atoms with E-state index in [1.165, 1.54) is 0 Å². The molecule has 2 fully saturated rings. The van der Waals surface area contributed by atoms with Gasteiger partial charge in [0.25, 0.3) is 0 Å². The second-order valence-corrected chi connectivity index (χ2v) is 11.2. The first-order valence-electron chi connectivity index (χ1n) is 12.8. The molecule has 3 aromatic rings. The van der Waals surface area contributed by atoms with Crippen molar-refractivity contribution in [3.8, 4) is 5.75 Å². The molecular formula is C29H31Cl2NO5. The molecule has 2 atom stereocenters. The van der Waals surface area contributed by atoms with Crippen LogP contribution in [-0.2, 0) is 17.8 Å². The summed E-state index contributed by atoms with van der Waals surface area (Å²) in [5.74, 6) is 0.608. The summed E-state index contributed by atoms with van der Waals surface area (Å²) < 4.78 is 11.7. The fourth-order valence-corrected chi connectivity index (χ4v) is 6.10. The quantitative estimate of drug-likeness (QED) is 0.399. The Morgan fingerprint density at radius 3 is 2.73 bits per heavy atom. The number of rotatable bonds is 5. The second-order valence-electron chi connectivity index (χ2n) is 10.4. The molecule has 6 nitrogen and oxygen atoms in total. The van der Waals surface area contributed by atoms with Gasteiger partial charge in [0, 0.05) is 30.0 Å². The van der Waals surface area contributed by atoms with E-state index >= 15 is 0 Å². The highest BCUT2D eigenvalue weighted by molar-refractivity contribution is 6.42. The van der Waals surface area contributed by atoms with Crippen LogP contribution >= 0.6 is 23.2 Å². The summed E-state index contributed by atoms with van der Waals surface area (Å²) in [6.07, 6.45) is 4.46. The van der Waals surface area contributed by atoms with E-state index in [4.69, 9.17) is 32.4 Å². The molecule has 1 saturated heterocycles. The monoisotopic (exact) mass is 543 g/mol. The van der Waals surface area contributed by atoms with Crippen molar-refractivity contribution in [2.45, 2.75) is 64.6 Å². The fraction of sp³-hybridized carbons (Fsp3) is 0.448. The third kappa shape index (κ3) is 5.12. The van der Waals surface area contributed by atoms with Gasteiger partial charge in [0.1, 0.15) is 17.9 Å². The van der Waals surface area contributed by atoms with Gasteiger partial charge in [0.2, 0.25) is 5.91 Å². The Balaban J connectivity index is 1.34. The molecule has 2 heterocycles. The molecule has 5 rings (SSSR count). The molecule has 1 saturated carbocycles. The maximum absolute atomic E-state index is 13.2. The summed E-state index contributed by atoms with van der Waals surface area (Å²) >= 11 is 12.1. The zero-order chi connectivity index (χ0) is 26.3. The van der Waals surface area contributed by atoms with Crippen molar-refractivity contribution >= 4 is 40.1 Å². The molecule has 0 bridgehead atoms. The standard InChI is InChI=1S/C29H31Cl2NO5/c1-17-21-7-9-25(36-16-19-6-8-23(30)24(31)13-19)18(2)27(21)37-28(34)22(17)14-26(33)32-12-11-29(35)10-4-3-5-20(29)15-32/h6-9,13,20,35H,3-5,10-12,14-16H2,1-2H3/t20-,29-/m1/s1. The van der Waals surface area contributed by atoms with Gasteiger partial charge in [-0.05, 0) is 68.5 Å². The van der Waals surface area contributed by atoms with Gasteiger partial charge in [0.05, 0.1) is 27.6 Å². The van der Waals surface area contributed by atoms with Gasteiger partial charge in [-0.25, -0.2) is 4.79 Å². The van der Waals surface area contributed by atoms with Gasteiger partial charge < -0.3 is 19.2 Å². The van der Waals surface area contributed by atoms with E-state index in [0.717, 1.165) is 42.2 Å². The van der Waals surface area contributed by atoms with Crippen LogP contribution in [0.15, 0.2) is 39.5 Å². The van der Waals surface area contributed by atoms with Crippen LogP contribution in [0.5, 0.6) is 5.75 Å². The minimum Gasteiger partial charge on any atom is -0.488 e. The largest absolute Gasteiger partial charge is 0.488 e. The number of aryl methyl sites for hydroxylation is 2. The van der Waals surface area contributed by atoms with Crippen molar-refractivity contribution in [2.75, 3.05) is 13.1 Å². The van der Waals surface area contributed by atoms with E-state index in [9.17, 15) is 14.7 Å². The summed E-state index contributed by atoms with van der Waals surface area (Å²) in [4.78, 5) is 28.0. The average molecular weight is 544 g/mol. The Bertz CT molecular complexity index is 1420. The number of carbonyl (C=O) groups is 1. The van der Waals surface area contributed by atoms with E-state index in [0.29, 0.717) is 52.0 Å². The summed E-state index contributed by atoms with van der Waals surface area (Å²) in [6, 6.07) is 9.03. The van der Waals surface area contributed by atoms with Crippen LogP contribution in [0.3, 0.4) is 0 Å². The number of hydrogen-bond acceptors (Lipinski definition) is 5. The smallest absolute Gasteiger partial charge is 0.340 e. The number of benzene rings is 2. The van der Waals surface area contributed by atoms with Gasteiger partial charge in [-0.15, -0.1) is 0 Å². The third-order valence-electron chi connectivity index (χ3n) is 8.14. The molecule has 196 valence electrons. The van der Waals surface area contributed by atoms with Gasteiger partial charge in [-0.1, -0.05) is 42.1 Å². The van der Waals surface area contributed by atoms with Crippen LogP contribution in [-0.4, -0.2) is 34.6 Å². The highest BCUT2D eigenvalue weighted by Gasteiger charge is 2.43. The molecular weight excluding hydrogens is 513 g/mol. The van der Waals surface area contributed by atoms with Crippen LogP contribution in [0, 0.1) is 19.8 Å². The minimum absolute atomic E-state index is 0.0100. The van der Waals surface area contributed by atoms with Crippen molar-refractivity contribution in [3.05, 3.63) is 73.1 Å². The van der Waals surface area contributed by atoms with Gasteiger partial charge in [-0.3, -0.25) is 4.79 Å². The Morgan fingerprint density at radius 1 is 1.14 bits per heavy atom. The fourth-order valence-electron chi connectivity index (χ4n) is 5.78. The van der Waals surface area contributed by atoms with Gasteiger partial charge in [-0.2, -0.15) is 0 Å². The molecule has 1 N–H and O–H groups in total. The molecule has 1 aromatic heterocycles. The Morgan fingerprint density at radius 2 is 1.95 bits per heavy atom. The lowest BCUT2D eigenvalue weighted by Crippen LogP contribution is -2.55. The Labute approximate surface area is 226 Å². The predicted molar refractivity (Wildman–Crippen MR) is 145 cm³/mol. The number of carbonyl (C=O) groups excluding carboxylic acids is 1. The highest BCUT2D eigenvalue weighted by atomic mass is 35.5. The first-order valence-corrected chi connectivity index (χ1v) is 13.5. The first-order chi connectivity index (χ1) is 17.7. The van der Waals surface area contributed by atoms with Crippen molar-refractivity contribution < 1.29 is 19.1 Å². The van der Waals surface area contributed by atoms with Crippen molar-refractivity contribution in [1.29, 1.82) is 0 Å². The first kappa shape index (κ1) is 26.1. The Hall–Kier alpha value is -2.54. The normalized spacial score (nSPS) is 21.6. The lowest BCUT2D eigenvalue weighted by atomic mass is 9.71. The zero-order valence-corrected chi connectivity index (χ0v) is 22.6. The molecule has 0 radical (unpaired) electrons. The number of nitrogens with zero attached hydrogens (tertiary/aromatic N) is 1. The number of piperidine rings is 1. The number of ether oxygens (including phenoxy) is 1. The number of halogens is 2. The molecule has 2 aromatic carbocycles. The summed E-state index contributed by atoms with van der Waals surface area (Å²) in [5, 5.41) is 12.7. The Kier molecular flexibility index (Phi) is 7.27. The predicted octanol–water partition coefficient (Wildman–Crippen LogP) is 5.99. The van der Waals surface area contributed by atoms with E-state index < -0.39 is 11.2 Å². The van der Waals surface area contributed by atoms with Crippen LogP contribution in [0.25, 0.3) is 11.0 Å². The minimum atomic E-state index is -0.649. The summed E-state index contributed by atoms with van der Waals surface area (Å²) in [6.45, 7) is 5.05. The topological polar surface area (TPSA) is 80.0 Å². The number of amides is 1. The van der Waals surface area contributed by atoms with Gasteiger partial charge in [0.15, 0.2) is 0 Å². The lowest BCUT2D eigenvalue weighted by molar-refractivity contribution is -0.142. The van der Waals surface area contributed by atoms with Gasteiger partial charge >= 0.3 is 5.63 Å². The molecule has 1 aliphatic heterocycles. The van der Waals surface area contributed by atoms with Crippen LogP contribution in [0.4, 0.5) is 0 Å². The average Bonchev–Trinajstić information content (AvgIpc) is 2.87. The maximum Gasteiger partial charge on any atom is 0.340 e. The number of fused-ring (bicyclic) bond motifs is 2. The number of hydrogen-bond donors (Lipinski definition) is 1. The summed E-state index contributed by atoms with van der Waals surface area (Å²) in [5.41, 5.74) is 2.00. The van der Waals surface area contributed by atoms with Crippen molar-refractivity contribution in [2.24, 2.45) is 5.92 Å². The van der Waals surface area contributed by atoms with E-state index in [2.05, 4.69) is 0 Å². The molecule has 0 unspecified atom stereocenters. The highest BCUT2D eigenvalue weighted by Crippen LogP contribution is 2.40. The van der Waals surface area contributed by atoms with Crippen LogP contribution in [0.2, 0.25) is 10.0 Å². The third-order valence-corrected chi connectivity index (χ3v) is 8.88. The van der Waals surface area contributed by atoms with Crippen LogP contribution in [0.1, 0.15) is 54.4 Å². The van der Waals surface area contributed by atoms with Crippen molar-refractivity contribution in [3.63, 3.8) is 0 Å². The number of aliphatic hydroxyl groups is 1.